The molecule has 7 heteroatoms. The number of nitrogens with zero attached hydrogens (tertiary/aromatic N) is 2. The number of fused-ring (bicyclic) bond motifs is 1. The molecule has 1 aromatic carbocycles. The monoisotopic (exact) mass is 345 g/mol. The number of hydrogen-bond acceptors (Lipinski definition) is 4. The van der Waals surface area contributed by atoms with Crippen LogP contribution in [-0.2, 0) is 0 Å². The number of benzene rings is 1. The second-order valence-electron chi connectivity index (χ2n) is 6.97. The van der Waals surface area contributed by atoms with Gasteiger partial charge in [-0.15, -0.1) is 0 Å². The normalized spacial score (nSPS) is 20.4. The number of aromatic nitrogens is 1. The van der Waals surface area contributed by atoms with E-state index in [-0.39, 0.29) is 17.0 Å². The van der Waals surface area contributed by atoms with Gasteiger partial charge < -0.3 is 20.3 Å². The quantitative estimate of drug-likeness (QED) is 0.884. The molecular weight excluding hydrogens is 325 g/mol. The van der Waals surface area contributed by atoms with Gasteiger partial charge in [0.15, 0.2) is 0 Å². The number of carboxylic acids is 1. The summed E-state index contributed by atoms with van der Waals surface area (Å²) in [6.07, 6.45) is 4.19. The van der Waals surface area contributed by atoms with Crippen LogP contribution in [-0.4, -0.2) is 35.3 Å². The minimum Gasteiger partial charge on any atom is -0.477 e. The number of anilines is 1. The Hall–Kier alpha value is -2.41. The van der Waals surface area contributed by atoms with Crippen LogP contribution in [0.2, 0.25) is 0 Å². The van der Waals surface area contributed by atoms with E-state index in [1.165, 1.54) is 12.3 Å². The van der Waals surface area contributed by atoms with Crippen LogP contribution < -0.4 is 16.1 Å². The maximum absolute atomic E-state index is 14.7. The number of hydrogen-bond donors (Lipinski definition) is 2. The third kappa shape index (κ3) is 2.68. The summed E-state index contributed by atoms with van der Waals surface area (Å²) in [4.78, 5) is 25.8. The lowest BCUT2D eigenvalue weighted by atomic mass is 10.1. The fourth-order valence-corrected chi connectivity index (χ4v) is 3.65. The van der Waals surface area contributed by atoms with Crippen LogP contribution in [0.1, 0.15) is 35.7 Å². The van der Waals surface area contributed by atoms with Crippen molar-refractivity contribution in [3.05, 3.63) is 39.9 Å². The predicted octanol–water partition coefficient (Wildman–Crippen LogP) is 1.96. The molecule has 6 nitrogen and oxygen atoms in total. The molecule has 4 rings (SSSR count). The largest absolute Gasteiger partial charge is 0.477 e. The lowest BCUT2D eigenvalue weighted by molar-refractivity contribution is 0.0695. The van der Waals surface area contributed by atoms with Crippen LogP contribution in [0.5, 0.6) is 0 Å². The Morgan fingerprint density at radius 1 is 1.32 bits per heavy atom. The van der Waals surface area contributed by atoms with E-state index in [0.29, 0.717) is 30.2 Å². The Bertz CT molecular complexity index is 920. The third-order valence-electron chi connectivity index (χ3n) is 5.23. The Labute approximate surface area is 143 Å². The van der Waals surface area contributed by atoms with Crippen LogP contribution in [0.25, 0.3) is 10.9 Å². The zero-order chi connectivity index (χ0) is 17.7. The number of pyridine rings is 1. The topological polar surface area (TPSA) is 88.6 Å². The summed E-state index contributed by atoms with van der Waals surface area (Å²) in [5, 5.41) is 9.40. The fraction of sp³-hybridized carbons (Fsp3) is 0.444. The van der Waals surface area contributed by atoms with Gasteiger partial charge in [-0.3, -0.25) is 4.79 Å². The van der Waals surface area contributed by atoms with Crippen LogP contribution in [0.4, 0.5) is 10.1 Å². The summed E-state index contributed by atoms with van der Waals surface area (Å²) in [7, 11) is 0. The first kappa shape index (κ1) is 16.1. The van der Waals surface area contributed by atoms with Crippen molar-refractivity contribution < 1.29 is 14.3 Å². The number of rotatable bonds is 4. The number of carbonyl (C=O) groups is 1. The highest BCUT2D eigenvalue weighted by Crippen LogP contribution is 2.38. The molecule has 25 heavy (non-hydrogen) atoms. The molecule has 1 saturated carbocycles. The van der Waals surface area contributed by atoms with Gasteiger partial charge in [0.25, 0.3) is 0 Å². The van der Waals surface area contributed by atoms with Crippen molar-refractivity contribution in [3.63, 3.8) is 0 Å². The number of halogens is 1. The number of nitrogens with two attached hydrogens (primary N) is 1. The molecule has 3 N–H and O–H groups in total. The van der Waals surface area contributed by atoms with Crippen molar-refractivity contribution >= 4 is 22.6 Å². The Morgan fingerprint density at radius 3 is 2.68 bits per heavy atom. The molecule has 1 saturated heterocycles. The summed E-state index contributed by atoms with van der Waals surface area (Å²) < 4.78 is 16.5. The molecule has 1 aliphatic carbocycles. The van der Waals surface area contributed by atoms with Crippen LogP contribution in [0.15, 0.2) is 23.1 Å². The van der Waals surface area contributed by atoms with Gasteiger partial charge in [0, 0.05) is 30.7 Å². The van der Waals surface area contributed by atoms with E-state index in [4.69, 9.17) is 5.73 Å². The average molecular weight is 345 g/mol. The zero-order valence-electron chi connectivity index (χ0n) is 13.7. The molecule has 2 aromatic rings. The highest BCUT2D eigenvalue weighted by atomic mass is 19.1. The first-order valence-corrected chi connectivity index (χ1v) is 8.56. The summed E-state index contributed by atoms with van der Waals surface area (Å²) in [6, 6.07) is 3.05. The van der Waals surface area contributed by atoms with Gasteiger partial charge in [0.2, 0.25) is 5.43 Å². The van der Waals surface area contributed by atoms with Gasteiger partial charge in [0.1, 0.15) is 11.4 Å². The smallest absolute Gasteiger partial charge is 0.341 e. The minimum absolute atomic E-state index is 0.127. The molecule has 0 bridgehead atoms. The van der Waals surface area contributed by atoms with Crippen molar-refractivity contribution in [3.8, 4) is 0 Å². The van der Waals surface area contributed by atoms with Crippen molar-refractivity contribution in [2.75, 3.05) is 24.5 Å². The van der Waals surface area contributed by atoms with E-state index < -0.39 is 17.2 Å². The van der Waals surface area contributed by atoms with Crippen LogP contribution in [0.3, 0.4) is 0 Å². The second-order valence-corrected chi connectivity index (χ2v) is 6.97. The molecule has 1 aromatic heterocycles. The SMILES string of the molecule is NC[C@@H]1CCN(c2cc3c(cc2F)c(=O)c(C(=O)O)cn3C2CC2)C1. The van der Waals surface area contributed by atoms with Crippen molar-refractivity contribution in [1.82, 2.24) is 4.57 Å². The fourth-order valence-electron chi connectivity index (χ4n) is 3.65. The molecule has 2 fully saturated rings. The average Bonchev–Trinajstić information content (AvgIpc) is 3.31. The van der Waals surface area contributed by atoms with E-state index in [9.17, 15) is 19.1 Å². The van der Waals surface area contributed by atoms with Crippen molar-refractivity contribution in [2.24, 2.45) is 11.7 Å². The van der Waals surface area contributed by atoms with Gasteiger partial charge >= 0.3 is 5.97 Å². The summed E-state index contributed by atoms with van der Waals surface area (Å²) >= 11 is 0. The number of aromatic carboxylic acids is 1. The second kappa shape index (κ2) is 5.84. The Kier molecular flexibility index (Phi) is 3.76. The van der Waals surface area contributed by atoms with E-state index in [2.05, 4.69) is 0 Å². The maximum Gasteiger partial charge on any atom is 0.341 e. The van der Waals surface area contributed by atoms with Crippen molar-refractivity contribution in [1.29, 1.82) is 0 Å². The van der Waals surface area contributed by atoms with Crippen molar-refractivity contribution in [2.45, 2.75) is 25.3 Å². The van der Waals surface area contributed by atoms with Gasteiger partial charge in [-0.1, -0.05) is 0 Å². The molecule has 0 amide bonds. The lowest BCUT2D eigenvalue weighted by Gasteiger charge is -2.21. The standard InChI is InChI=1S/C18H20FN3O3/c19-14-5-12-15(6-16(14)21-4-3-10(7-20)8-21)22(11-1-2-11)9-13(17(12)23)18(24)25/h5-6,9-11H,1-4,7-8,20H2,(H,24,25)/t10-/m0/s1. The molecule has 2 heterocycles. The van der Waals surface area contributed by atoms with E-state index >= 15 is 0 Å². The van der Waals surface area contributed by atoms with Gasteiger partial charge in [-0.05, 0) is 43.9 Å². The number of carboxylic acid groups (broad SMARTS) is 1. The first-order valence-electron chi connectivity index (χ1n) is 8.56. The molecule has 2 aliphatic rings. The molecule has 1 aliphatic heterocycles. The Balaban J connectivity index is 1.90. The summed E-state index contributed by atoms with van der Waals surface area (Å²) in [5.41, 5.74) is 5.84. The van der Waals surface area contributed by atoms with Gasteiger partial charge in [0.05, 0.1) is 11.2 Å². The Morgan fingerprint density at radius 2 is 2.08 bits per heavy atom. The molecule has 132 valence electrons. The van der Waals surface area contributed by atoms with Gasteiger partial charge in [-0.25, -0.2) is 9.18 Å². The highest BCUT2D eigenvalue weighted by Gasteiger charge is 2.29. The molecular formula is C18H20FN3O3. The predicted molar refractivity (Wildman–Crippen MR) is 92.8 cm³/mol. The molecule has 0 radical (unpaired) electrons. The summed E-state index contributed by atoms with van der Waals surface area (Å²) in [5.74, 6) is -1.43. The lowest BCUT2D eigenvalue weighted by Crippen LogP contribution is -2.24. The molecule has 0 unspecified atom stereocenters. The van der Waals surface area contributed by atoms with E-state index in [0.717, 1.165) is 25.8 Å². The van der Waals surface area contributed by atoms with E-state index in [1.54, 1.807) is 6.07 Å². The molecule has 1 atom stereocenters. The zero-order valence-corrected chi connectivity index (χ0v) is 13.7. The van der Waals surface area contributed by atoms with Crippen LogP contribution >= 0.6 is 0 Å². The molecule has 0 spiro atoms. The maximum atomic E-state index is 14.7. The summed E-state index contributed by atoms with van der Waals surface area (Å²) in [6.45, 7) is 1.99. The third-order valence-corrected chi connectivity index (χ3v) is 5.23. The van der Waals surface area contributed by atoms with Gasteiger partial charge in [-0.2, -0.15) is 0 Å². The minimum atomic E-state index is -1.28. The van der Waals surface area contributed by atoms with E-state index in [1.807, 2.05) is 9.47 Å². The first-order chi connectivity index (χ1) is 12.0. The highest BCUT2D eigenvalue weighted by molar-refractivity contribution is 5.93. The van der Waals surface area contributed by atoms with Crippen LogP contribution in [0, 0.1) is 11.7 Å².